The van der Waals surface area contributed by atoms with Crippen LogP contribution in [0.4, 0.5) is 0 Å². The van der Waals surface area contributed by atoms with Gasteiger partial charge in [0.05, 0.1) is 6.07 Å². The summed E-state index contributed by atoms with van der Waals surface area (Å²) < 4.78 is 0. The molecule has 0 spiro atoms. The van der Waals surface area contributed by atoms with Gasteiger partial charge in [-0.2, -0.15) is 5.26 Å². The first-order chi connectivity index (χ1) is 7.41. The van der Waals surface area contributed by atoms with Crippen molar-refractivity contribution in [1.82, 2.24) is 0 Å². The molecule has 0 aromatic carbocycles. The van der Waals surface area contributed by atoms with Crippen molar-refractivity contribution in [2.45, 2.75) is 45.4 Å². The fourth-order valence-electron chi connectivity index (χ4n) is 1.09. The van der Waals surface area contributed by atoms with Crippen molar-refractivity contribution in [2.75, 3.05) is 0 Å². The molecule has 0 aromatic rings. The third kappa shape index (κ3) is 12.7. The average Bonchev–Trinajstić information content (AvgIpc) is 2.26. The molecule has 0 aliphatic heterocycles. The quantitative estimate of drug-likeness (QED) is 0.323. The molecule has 0 fully saturated rings. The van der Waals surface area contributed by atoms with Gasteiger partial charge in [-0.1, -0.05) is 56.2 Å². The predicted molar refractivity (Wildman–Crippen MR) is 66.4 cm³/mol. The molecular weight excluding hydrogens is 182 g/mol. The molecule has 1 heteroatoms. The van der Waals surface area contributed by atoms with Gasteiger partial charge >= 0.3 is 0 Å². The van der Waals surface area contributed by atoms with Crippen molar-refractivity contribution in [1.29, 1.82) is 5.26 Å². The maximum Gasteiger partial charge on any atom is 0.0625 e. The number of hydrogen-bond donors (Lipinski definition) is 0. The van der Waals surface area contributed by atoms with Gasteiger partial charge in [-0.3, -0.25) is 0 Å². The summed E-state index contributed by atoms with van der Waals surface area (Å²) in [6.07, 6.45) is 18.9. The van der Waals surface area contributed by atoms with Crippen molar-refractivity contribution in [3.8, 4) is 6.07 Å². The van der Waals surface area contributed by atoms with Gasteiger partial charge in [0, 0.05) is 6.42 Å². The lowest BCUT2D eigenvalue weighted by molar-refractivity contribution is 0.813. The van der Waals surface area contributed by atoms with Crippen LogP contribution in [0, 0.1) is 11.3 Å². The second kappa shape index (κ2) is 12.7. The maximum atomic E-state index is 8.30. The monoisotopic (exact) mass is 203 g/mol. The van der Waals surface area contributed by atoms with E-state index in [-0.39, 0.29) is 0 Å². The highest BCUT2D eigenvalue weighted by atomic mass is 14.2. The molecular formula is C14H21N. The van der Waals surface area contributed by atoms with E-state index < -0.39 is 0 Å². The zero-order chi connectivity index (χ0) is 11.2. The van der Waals surface area contributed by atoms with Gasteiger partial charge in [0.1, 0.15) is 0 Å². The maximum absolute atomic E-state index is 8.30. The molecule has 0 rings (SSSR count). The van der Waals surface area contributed by atoms with E-state index in [0.717, 1.165) is 12.8 Å². The highest BCUT2D eigenvalue weighted by Gasteiger charge is 1.77. The highest BCUT2D eigenvalue weighted by molar-refractivity contribution is 5.05. The second-order valence-corrected chi connectivity index (χ2v) is 3.40. The van der Waals surface area contributed by atoms with E-state index in [1.54, 1.807) is 0 Å². The Hall–Kier alpha value is -1.29. The molecule has 0 saturated carbocycles. The summed E-state index contributed by atoms with van der Waals surface area (Å²) in [7, 11) is 0. The van der Waals surface area contributed by atoms with E-state index in [9.17, 15) is 0 Å². The Morgan fingerprint density at radius 1 is 1.00 bits per heavy atom. The summed E-state index contributed by atoms with van der Waals surface area (Å²) in [5.41, 5.74) is 0. The minimum absolute atomic E-state index is 0.612. The first-order valence-corrected chi connectivity index (χ1v) is 5.75. The van der Waals surface area contributed by atoms with Gasteiger partial charge in [-0.05, 0) is 19.3 Å². The Balaban J connectivity index is 3.34. The van der Waals surface area contributed by atoms with E-state index >= 15 is 0 Å². The average molecular weight is 203 g/mol. The first-order valence-electron chi connectivity index (χ1n) is 5.75. The second-order valence-electron chi connectivity index (χ2n) is 3.40. The Morgan fingerprint density at radius 3 is 2.53 bits per heavy atom. The van der Waals surface area contributed by atoms with Crippen molar-refractivity contribution in [2.24, 2.45) is 0 Å². The van der Waals surface area contributed by atoms with Gasteiger partial charge in [0.25, 0.3) is 0 Å². The normalized spacial score (nSPS) is 11.7. The number of nitriles is 1. The number of hydrogen-bond acceptors (Lipinski definition) is 1. The third-order valence-corrected chi connectivity index (χ3v) is 1.97. The Morgan fingerprint density at radius 2 is 1.80 bits per heavy atom. The van der Waals surface area contributed by atoms with Crippen LogP contribution >= 0.6 is 0 Å². The molecule has 0 N–H and O–H groups in total. The van der Waals surface area contributed by atoms with Crippen LogP contribution in [-0.4, -0.2) is 0 Å². The van der Waals surface area contributed by atoms with Crippen LogP contribution in [0.1, 0.15) is 45.4 Å². The Bertz CT molecular complexity index is 241. The topological polar surface area (TPSA) is 23.8 Å². The third-order valence-electron chi connectivity index (χ3n) is 1.97. The lowest BCUT2D eigenvalue weighted by Crippen LogP contribution is -1.66. The van der Waals surface area contributed by atoms with Crippen molar-refractivity contribution >= 4 is 0 Å². The Kier molecular flexibility index (Phi) is 11.6. The molecule has 0 heterocycles. The van der Waals surface area contributed by atoms with Crippen molar-refractivity contribution < 1.29 is 0 Å². The number of nitrogens with zero attached hydrogens (tertiary/aromatic N) is 1. The van der Waals surface area contributed by atoms with E-state index in [4.69, 9.17) is 5.26 Å². The van der Waals surface area contributed by atoms with Gasteiger partial charge in [0.2, 0.25) is 0 Å². The van der Waals surface area contributed by atoms with Gasteiger partial charge in [0.15, 0.2) is 0 Å². The van der Waals surface area contributed by atoms with Crippen LogP contribution in [0.5, 0.6) is 0 Å². The fourth-order valence-corrected chi connectivity index (χ4v) is 1.09. The minimum Gasteiger partial charge on any atom is -0.198 e. The molecule has 0 aliphatic carbocycles. The molecule has 0 unspecified atom stereocenters. The lowest BCUT2D eigenvalue weighted by atomic mass is 10.2. The molecule has 0 aliphatic rings. The van der Waals surface area contributed by atoms with Crippen molar-refractivity contribution in [3.05, 3.63) is 36.5 Å². The predicted octanol–water partition coefficient (Wildman–Crippen LogP) is 4.54. The van der Waals surface area contributed by atoms with E-state index in [1.807, 2.05) is 18.2 Å². The minimum atomic E-state index is 0.612. The zero-order valence-electron chi connectivity index (χ0n) is 9.65. The largest absolute Gasteiger partial charge is 0.198 e. The highest BCUT2D eigenvalue weighted by Crippen LogP contribution is 1.97. The SMILES string of the molecule is CCCC/C=C/C/C=C/C=C/CCC#N. The zero-order valence-corrected chi connectivity index (χ0v) is 9.65. The molecule has 0 bridgehead atoms. The van der Waals surface area contributed by atoms with Gasteiger partial charge < -0.3 is 0 Å². The summed E-state index contributed by atoms with van der Waals surface area (Å²) in [6, 6.07) is 2.11. The number of rotatable bonds is 8. The molecule has 0 radical (unpaired) electrons. The van der Waals surface area contributed by atoms with Gasteiger partial charge in [-0.15, -0.1) is 0 Å². The summed E-state index contributed by atoms with van der Waals surface area (Å²) in [4.78, 5) is 0. The molecule has 0 saturated heterocycles. The summed E-state index contributed by atoms with van der Waals surface area (Å²) in [5.74, 6) is 0. The van der Waals surface area contributed by atoms with Crippen molar-refractivity contribution in [3.63, 3.8) is 0 Å². The van der Waals surface area contributed by atoms with E-state index in [2.05, 4.69) is 31.2 Å². The van der Waals surface area contributed by atoms with Crippen LogP contribution in [0.25, 0.3) is 0 Å². The molecule has 15 heavy (non-hydrogen) atoms. The summed E-state index contributed by atoms with van der Waals surface area (Å²) >= 11 is 0. The Labute approximate surface area is 93.8 Å². The van der Waals surface area contributed by atoms with Crippen LogP contribution in [0.2, 0.25) is 0 Å². The molecule has 0 amide bonds. The van der Waals surface area contributed by atoms with Crippen LogP contribution in [0.3, 0.4) is 0 Å². The van der Waals surface area contributed by atoms with Gasteiger partial charge in [-0.25, -0.2) is 0 Å². The smallest absolute Gasteiger partial charge is 0.0625 e. The standard InChI is InChI=1S/C14H21N/c1-2-3-4-5-6-7-8-9-10-11-12-13-14-15/h5-6,8-11H,2-4,7,12-13H2,1H3/b6-5+,9-8+,11-10+. The first kappa shape index (κ1) is 13.7. The van der Waals surface area contributed by atoms with E-state index in [0.29, 0.717) is 6.42 Å². The number of allylic oxidation sites excluding steroid dienone is 6. The molecule has 1 nitrogen and oxygen atoms in total. The summed E-state index contributed by atoms with van der Waals surface area (Å²) in [5, 5.41) is 8.30. The molecule has 0 aromatic heterocycles. The summed E-state index contributed by atoms with van der Waals surface area (Å²) in [6.45, 7) is 2.21. The van der Waals surface area contributed by atoms with E-state index in [1.165, 1.54) is 19.3 Å². The van der Waals surface area contributed by atoms with Crippen LogP contribution in [-0.2, 0) is 0 Å². The van der Waals surface area contributed by atoms with Crippen LogP contribution in [0.15, 0.2) is 36.5 Å². The lowest BCUT2D eigenvalue weighted by Gasteiger charge is -1.86. The number of unbranched alkanes of at least 4 members (excludes halogenated alkanes) is 3. The molecule has 82 valence electrons. The fraction of sp³-hybridized carbons (Fsp3) is 0.500. The molecule has 0 atom stereocenters. The van der Waals surface area contributed by atoms with Crippen LogP contribution < -0.4 is 0 Å².